The highest BCUT2D eigenvalue weighted by Gasteiger charge is 2.38. The summed E-state index contributed by atoms with van der Waals surface area (Å²) in [6, 6.07) is 8.31. The van der Waals surface area contributed by atoms with Crippen LogP contribution in [0.25, 0.3) is 0 Å². The second-order valence-electron chi connectivity index (χ2n) is 8.22. The van der Waals surface area contributed by atoms with Crippen molar-refractivity contribution < 1.29 is 18.3 Å². The molecule has 2 heterocycles. The van der Waals surface area contributed by atoms with Gasteiger partial charge in [0, 0.05) is 36.6 Å². The van der Waals surface area contributed by atoms with E-state index in [2.05, 4.69) is 0 Å². The lowest BCUT2D eigenvalue weighted by atomic mass is 9.83. The zero-order chi connectivity index (χ0) is 22.3. The summed E-state index contributed by atoms with van der Waals surface area (Å²) < 4.78 is 33.9. The van der Waals surface area contributed by atoms with Crippen LogP contribution in [0.3, 0.4) is 0 Å². The fraction of sp³-hybridized carbons (Fsp3) is 0.455. The quantitative estimate of drug-likeness (QED) is 0.682. The first-order chi connectivity index (χ1) is 14.7. The number of piperidine rings is 1. The second kappa shape index (κ2) is 8.89. The lowest BCUT2D eigenvalue weighted by Gasteiger charge is -2.40. The third-order valence-corrected chi connectivity index (χ3v) is 8.98. The van der Waals surface area contributed by atoms with Crippen LogP contribution in [0.4, 0.5) is 0 Å². The second-order valence-corrected chi connectivity index (χ2v) is 11.0. The third kappa shape index (κ3) is 4.32. The maximum absolute atomic E-state index is 13.1. The summed E-state index contributed by atoms with van der Waals surface area (Å²) in [5.41, 5.74) is 8.62. The van der Waals surface area contributed by atoms with E-state index in [1.165, 1.54) is 16.4 Å². The number of hydrogen-bond acceptors (Lipinski definition) is 5. The third-order valence-electron chi connectivity index (χ3n) is 6.36. The summed E-state index contributed by atoms with van der Waals surface area (Å²) in [4.78, 5) is 0.0338. The summed E-state index contributed by atoms with van der Waals surface area (Å²) in [6.45, 7) is 2.94. The molecule has 2 aromatic carbocycles. The van der Waals surface area contributed by atoms with Gasteiger partial charge < -0.3 is 15.6 Å². The monoisotopic (exact) mass is 484 g/mol. The van der Waals surface area contributed by atoms with Crippen molar-refractivity contribution in [2.24, 2.45) is 11.7 Å². The number of aromatic hydroxyl groups is 1. The van der Waals surface area contributed by atoms with Crippen LogP contribution in [0.1, 0.15) is 35.6 Å². The molecule has 0 saturated carbocycles. The zero-order valence-electron chi connectivity index (χ0n) is 17.2. The Morgan fingerprint density at radius 1 is 1.19 bits per heavy atom. The van der Waals surface area contributed by atoms with Crippen LogP contribution in [-0.4, -0.2) is 43.6 Å². The van der Waals surface area contributed by atoms with Crippen molar-refractivity contribution in [2.45, 2.75) is 43.3 Å². The summed E-state index contributed by atoms with van der Waals surface area (Å²) in [5, 5.41) is 11.1. The molecule has 4 rings (SSSR count). The number of benzene rings is 2. The van der Waals surface area contributed by atoms with Gasteiger partial charge in [-0.3, -0.25) is 0 Å². The molecule has 0 amide bonds. The minimum atomic E-state index is -3.73. The van der Waals surface area contributed by atoms with Crippen LogP contribution in [0.2, 0.25) is 10.0 Å². The van der Waals surface area contributed by atoms with Gasteiger partial charge in [0.1, 0.15) is 10.6 Å². The minimum absolute atomic E-state index is 0.0338. The number of fused-ring (bicyclic) bond motifs is 1. The van der Waals surface area contributed by atoms with Crippen LogP contribution in [0.15, 0.2) is 35.2 Å². The number of hydrogen-bond donors (Lipinski definition) is 2. The van der Waals surface area contributed by atoms with Gasteiger partial charge in [-0.15, -0.1) is 0 Å². The maximum atomic E-state index is 13.1. The summed E-state index contributed by atoms with van der Waals surface area (Å²) in [7, 11) is -3.73. The van der Waals surface area contributed by atoms with E-state index in [4.69, 9.17) is 33.7 Å². The predicted molar refractivity (Wildman–Crippen MR) is 121 cm³/mol. The van der Waals surface area contributed by atoms with Crippen molar-refractivity contribution in [3.63, 3.8) is 0 Å². The maximum Gasteiger partial charge on any atom is 0.244 e. The fourth-order valence-corrected chi connectivity index (χ4v) is 6.79. The molecule has 2 aliphatic heterocycles. The Balaban J connectivity index is 1.50. The minimum Gasteiger partial charge on any atom is -0.507 e. The number of rotatable bonds is 4. The first kappa shape index (κ1) is 22.8. The molecule has 3 N–H and O–H groups in total. The van der Waals surface area contributed by atoms with Gasteiger partial charge in [0.15, 0.2) is 0 Å². The molecule has 0 bridgehead atoms. The number of nitrogens with zero attached hydrogens (tertiary/aromatic N) is 1. The van der Waals surface area contributed by atoms with Gasteiger partial charge in [0.25, 0.3) is 0 Å². The van der Waals surface area contributed by atoms with E-state index in [-0.39, 0.29) is 28.0 Å². The molecular formula is C22H26Cl2N2O4S. The van der Waals surface area contributed by atoms with Crippen molar-refractivity contribution in [2.75, 3.05) is 19.6 Å². The topological polar surface area (TPSA) is 92.9 Å². The molecule has 0 aliphatic carbocycles. The molecular weight excluding hydrogens is 459 g/mol. The molecule has 9 heteroatoms. The highest BCUT2D eigenvalue weighted by Crippen LogP contribution is 2.41. The van der Waals surface area contributed by atoms with E-state index >= 15 is 0 Å². The Bertz CT molecular complexity index is 1090. The van der Waals surface area contributed by atoms with Crippen molar-refractivity contribution in [1.29, 1.82) is 0 Å². The molecule has 0 aromatic heterocycles. The SMILES string of the molecule is Cc1ccc2c(c1O)CC(C1CCN(S(=O)(=O)c3cc(Cl)ccc3Cl)CC1)OC2CN. The molecule has 0 spiro atoms. The van der Waals surface area contributed by atoms with Gasteiger partial charge in [-0.25, -0.2) is 8.42 Å². The lowest BCUT2D eigenvalue weighted by Crippen LogP contribution is -2.44. The van der Waals surface area contributed by atoms with E-state index in [1.807, 2.05) is 19.1 Å². The van der Waals surface area contributed by atoms with Crippen LogP contribution in [0, 0.1) is 12.8 Å². The number of sulfonamides is 1. The Kier molecular flexibility index (Phi) is 6.54. The first-order valence-corrected chi connectivity index (χ1v) is 12.5. The zero-order valence-corrected chi connectivity index (χ0v) is 19.6. The van der Waals surface area contributed by atoms with E-state index < -0.39 is 10.0 Å². The van der Waals surface area contributed by atoms with Crippen LogP contribution < -0.4 is 5.73 Å². The van der Waals surface area contributed by atoms with Gasteiger partial charge in [0.05, 0.1) is 17.2 Å². The molecule has 168 valence electrons. The Labute approximate surface area is 193 Å². The van der Waals surface area contributed by atoms with Crippen LogP contribution in [-0.2, 0) is 21.2 Å². The highest BCUT2D eigenvalue weighted by atomic mass is 35.5. The van der Waals surface area contributed by atoms with Gasteiger partial charge in [-0.05, 0) is 55.0 Å². The normalized spacial score (nSPS) is 23.0. The molecule has 31 heavy (non-hydrogen) atoms. The van der Waals surface area contributed by atoms with Gasteiger partial charge in [0.2, 0.25) is 10.0 Å². The van der Waals surface area contributed by atoms with Crippen molar-refractivity contribution in [3.05, 3.63) is 57.1 Å². The number of phenols is 1. The molecule has 1 fully saturated rings. The number of aryl methyl sites for hydroxylation is 1. The largest absolute Gasteiger partial charge is 0.507 e. The standard InChI is InChI=1S/C22H26Cl2N2O4S/c1-13-2-4-16-17(22(13)27)11-19(30-20(16)12-25)14-6-8-26(9-7-14)31(28,29)21-10-15(23)3-5-18(21)24/h2-5,10,14,19-20,27H,6-9,11-12,25H2,1H3. The van der Waals surface area contributed by atoms with Crippen LogP contribution >= 0.6 is 23.2 Å². The molecule has 2 atom stereocenters. The van der Waals surface area contributed by atoms with Crippen molar-refractivity contribution in [3.8, 4) is 5.75 Å². The number of phenolic OH excluding ortho intramolecular Hbond substituents is 1. The Hall–Kier alpha value is -1.35. The molecule has 1 saturated heterocycles. The summed E-state index contributed by atoms with van der Waals surface area (Å²) in [5.74, 6) is 0.475. The first-order valence-electron chi connectivity index (χ1n) is 10.3. The fourth-order valence-electron chi connectivity index (χ4n) is 4.58. The van der Waals surface area contributed by atoms with E-state index in [0.29, 0.717) is 49.7 Å². The summed E-state index contributed by atoms with van der Waals surface area (Å²) >= 11 is 12.1. The molecule has 2 unspecified atom stereocenters. The highest BCUT2D eigenvalue weighted by molar-refractivity contribution is 7.89. The molecule has 0 radical (unpaired) electrons. The molecule has 2 aromatic rings. The predicted octanol–water partition coefficient (Wildman–Crippen LogP) is 4.05. The van der Waals surface area contributed by atoms with Gasteiger partial charge in [-0.2, -0.15) is 4.31 Å². The van der Waals surface area contributed by atoms with E-state index in [1.54, 1.807) is 6.07 Å². The lowest BCUT2D eigenvalue weighted by molar-refractivity contribution is -0.0612. The van der Waals surface area contributed by atoms with Crippen molar-refractivity contribution in [1.82, 2.24) is 4.31 Å². The average Bonchev–Trinajstić information content (AvgIpc) is 2.77. The molecule has 2 aliphatic rings. The van der Waals surface area contributed by atoms with Gasteiger partial charge >= 0.3 is 0 Å². The van der Waals surface area contributed by atoms with Crippen LogP contribution in [0.5, 0.6) is 5.75 Å². The number of ether oxygens (including phenoxy) is 1. The van der Waals surface area contributed by atoms with E-state index in [0.717, 1.165) is 16.7 Å². The smallest absolute Gasteiger partial charge is 0.244 e. The van der Waals surface area contributed by atoms with Gasteiger partial charge in [-0.1, -0.05) is 35.3 Å². The summed E-state index contributed by atoms with van der Waals surface area (Å²) in [6.07, 6.45) is 1.51. The number of nitrogens with two attached hydrogens (primary N) is 1. The molecule has 6 nitrogen and oxygen atoms in total. The van der Waals surface area contributed by atoms with Crippen molar-refractivity contribution >= 4 is 33.2 Å². The van der Waals surface area contributed by atoms with E-state index in [9.17, 15) is 13.5 Å². The number of halogens is 2. The Morgan fingerprint density at radius 3 is 2.58 bits per heavy atom. The Morgan fingerprint density at radius 2 is 1.90 bits per heavy atom. The average molecular weight is 485 g/mol.